The van der Waals surface area contributed by atoms with E-state index in [-0.39, 0.29) is 102 Å². The Kier molecular flexibility index (Phi) is 61.5. The van der Waals surface area contributed by atoms with Crippen molar-refractivity contribution in [1.82, 2.24) is 37.2 Å². The number of carbonyl (C=O) groups is 16. The van der Waals surface area contributed by atoms with Gasteiger partial charge in [0.05, 0.1) is 47.3 Å². The number of carbonyl (C=O) groups excluding carboxylic acids is 16. The molecule has 0 aromatic heterocycles. The average Bonchev–Trinajstić information content (AvgIpc) is 0.816. The smallest absolute Gasteiger partial charge is 0.322 e. The molecule has 145 heavy (non-hydrogen) atoms. The van der Waals surface area contributed by atoms with Crippen molar-refractivity contribution in [3.63, 3.8) is 0 Å². The van der Waals surface area contributed by atoms with Gasteiger partial charge in [0.2, 0.25) is 41.4 Å². The number of esters is 9. The van der Waals surface area contributed by atoms with Gasteiger partial charge in [0.1, 0.15) is 118 Å². The zero-order chi connectivity index (χ0) is 112. The molecule has 0 aromatic rings. The zero-order valence-electron chi connectivity index (χ0n) is 89.8. The topological polar surface area (TPSA) is 513 Å². The van der Waals surface area contributed by atoms with Crippen molar-refractivity contribution >= 4 is 238 Å². The molecule has 0 bridgehead atoms. The molecule has 0 rings (SSSR count). The average molecular weight is 2650 g/mol. The summed E-state index contributed by atoms with van der Waals surface area (Å²) >= 11 is 29.6. The van der Waals surface area contributed by atoms with Gasteiger partial charge in [-0.1, -0.05) is 199 Å². The summed E-state index contributed by atoms with van der Waals surface area (Å²) in [6.45, 7) is 33.8. The maximum absolute atomic E-state index is 14.6. The standard InChI is InChI=1S/C98H165Br9N8O30/c1-27-95(108,28-2)40-45-144-97(31-5,32-6)39-35-69(119)115-96(29-3,30-4)41-46-145-98(33-7,34-8)50-91(51-112-66(116)36-42-109-70(120)47-132-54-92(57-135-73(123)82(9,10)99,58-136-74(124)83(11,12)100)59-137-75(125)84(13,14)101,52-113-67(117)37-43-110-71(121)48-133-55-93(60-138-76(126)85(15,16)102,61-139-77(127)86(17,18)103)62-140-78(128)87(19,20)104)53-114-68(118)38-44-111-72(122)49-134-56-94(63-141-79(129)88(21,22)105,64-142-80(130)89(23,24)106)65-143-81(131)90(25,26)107/h27-65,108H2,1-26H3,(H,109,120)(H,110,121)(H,111,122)(H,112,116)(H,113,117)(H,114,118)(H,115,119). The van der Waals surface area contributed by atoms with Gasteiger partial charge in [-0.3, -0.25) is 76.7 Å². The summed E-state index contributed by atoms with van der Waals surface area (Å²) in [5.41, 5.74) is -2.50. The SMILES string of the molecule is CCC(N)(CC)CCOC(CC)(CC)CCC(=O)NC(CC)(CC)CCOC(CC)(CC)CC(CNC(=O)CCNC(=O)COCC(COC(=O)C(C)(C)Br)(COC(=O)C(C)(C)Br)COC(=O)C(C)(C)Br)(CNC(=O)CCNC(=O)COCC(COC(=O)C(C)(C)Br)(COC(=O)C(C)(C)Br)COC(=O)C(C)(C)Br)CNC(=O)CCNC(=O)COCC(COC(=O)C(C)(C)Br)(COC(=O)C(C)(C)Br)COC(=O)C(C)(C)Br. The molecule has 0 atom stereocenters. The van der Waals surface area contributed by atoms with Crippen molar-refractivity contribution in [1.29, 1.82) is 0 Å². The number of hydrogen-bond acceptors (Lipinski definition) is 31. The molecule has 0 fully saturated rings. The fourth-order valence-electron chi connectivity index (χ4n) is 13.3. The molecular weight excluding hydrogens is 2490 g/mol. The van der Waals surface area contributed by atoms with Crippen LogP contribution < -0.4 is 43.0 Å². The highest BCUT2D eigenvalue weighted by molar-refractivity contribution is 9.11. The van der Waals surface area contributed by atoms with Crippen LogP contribution in [-0.4, -0.2) is 308 Å². The van der Waals surface area contributed by atoms with Crippen LogP contribution in [0.5, 0.6) is 0 Å². The number of amides is 7. The van der Waals surface area contributed by atoms with Gasteiger partial charge in [-0.05, 0) is 202 Å². The van der Waals surface area contributed by atoms with Gasteiger partial charge in [0.25, 0.3) is 0 Å². The summed E-state index contributed by atoms with van der Waals surface area (Å²) in [5, 5.41) is 20.2. The monoisotopic (exact) mass is 2640 g/mol. The van der Waals surface area contributed by atoms with Crippen molar-refractivity contribution < 1.29 is 143 Å². The Morgan fingerprint density at radius 1 is 0.241 bits per heavy atom. The molecule has 0 aliphatic carbocycles. The molecule has 9 N–H and O–H groups in total. The van der Waals surface area contributed by atoms with Crippen LogP contribution in [0.1, 0.15) is 283 Å². The van der Waals surface area contributed by atoms with Crippen LogP contribution in [0.3, 0.4) is 0 Å². The van der Waals surface area contributed by atoms with Crippen molar-refractivity contribution in [3.8, 4) is 0 Å². The molecule has 0 aromatic carbocycles. The first-order valence-corrected chi connectivity index (χ1v) is 55.9. The molecule has 840 valence electrons. The number of nitrogens with one attached hydrogen (secondary N) is 7. The lowest BCUT2D eigenvalue weighted by atomic mass is 9.74. The van der Waals surface area contributed by atoms with E-state index in [0.29, 0.717) is 51.6 Å². The third kappa shape index (κ3) is 55.8. The predicted molar refractivity (Wildman–Crippen MR) is 580 cm³/mol. The lowest BCUT2D eigenvalue weighted by molar-refractivity contribution is -0.172. The minimum atomic E-state index is -1.61. The Labute approximate surface area is 933 Å². The fourth-order valence-corrected chi connectivity index (χ4v) is 14.4. The molecular formula is C98H165Br9N8O30. The van der Waals surface area contributed by atoms with Crippen LogP contribution in [-0.2, 0) is 143 Å². The minimum absolute atomic E-state index is 0.0301. The lowest BCUT2D eigenvalue weighted by Crippen LogP contribution is -2.56. The summed E-state index contributed by atoms with van der Waals surface area (Å²) in [6.07, 6.45) is 4.88. The molecule has 7 amide bonds. The maximum Gasteiger partial charge on any atom is 0.322 e. The lowest BCUT2D eigenvalue weighted by Gasteiger charge is -2.44. The van der Waals surface area contributed by atoms with Crippen LogP contribution in [0.4, 0.5) is 0 Å². The van der Waals surface area contributed by atoms with Gasteiger partial charge in [-0.25, -0.2) is 0 Å². The van der Waals surface area contributed by atoms with Gasteiger partial charge in [0.15, 0.2) is 0 Å². The Hall–Kier alpha value is -4.40. The molecule has 47 heteroatoms. The van der Waals surface area contributed by atoms with E-state index in [4.69, 9.17) is 72.0 Å². The summed E-state index contributed by atoms with van der Waals surface area (Å²) in [5.74, 6) is -11.0. The highest BCUT2D eigenvalue weighted by Gasteiger charge is 2.48. The number of rotatable bonds is 76. The molecule has 0 saturated heterocycles. The molecule has 38 nitrogen and oxygen atoms in total. The van der Waals surface area contributed by atoms with E-state index >= 15 is 0 Å². The Balaban J connectivity index is 8.43. The first kappa shape index (κ1) is 141. The Morgan fingerprint density at radius 2 is 0.462 bits per heavy atom. The summed E-state index contributed by atoms with van der Waals surface area (Å²) < 4.78 is 72.0. The van der Waals surface area contributed by atoms with Gasteiger partial charge in [0, 0.05) is 94.7 Å². The number of halogens is 9. The van der Waals surface area contributed by atoms with E-state index in [9.17, 15) is 76.7 Å². The van der Waals surface area contributed by atoms with Gasteiger partial charge < -0.3 is 109 Å². The fraction of sp³-hybridized carbons (Fsp3) is 0.837. The number of ether oxygens (including phenoxy) is 14. The summed E-state index contributed by atoms with van der Waals surface area (Å²) in [6, 6.07) is 0. The second-order valence-corrected chi connectivity index (χ2v) is 59.6. The Morgan fingerprint density at radius 3 is 0.669 bits per heavy atom. The number of hydrogen-bond donors (Lipinski definition) is 8. The predicted octanol–water partition coefficient (Wildman–Crippen LogP) is 13.6. The van der Waals surface area contributed by atoms with E-state index < -0.39 is 266 Å². The molecule has 0 heterocycles. The first-order chi connectivity index (χ1) is 66.3. The molecule has 0 unspecified atom stereocenters. The van der Waals surface area contributed by atoms with Crippen LogP contribution in [0.25, 0.3) is 0 Å². The van der Waals surface area contributed by atoms with Crippen LogP contribution in [0, 0.1) is 21.7 Å². The second kappa shape index (κ2) is 63.4. The van der Waals surface area contributed by atoms with Crippen molar-refractivity contribution in [2.24, 2.45) is 27.4 Å². The highest BCUT2D eigenvalue weighted by Crippen LogP contribution is 2.39. The zero-order valence-corrected chi connectivity index (χ0v) is 104. The van der Waals surface area contributed by atoms with Crippen molar-refractivity contribution in [2.45, 2.75) is 344 Å². The first-order valence-electron chi connectivity index (χ1n) is 48.8. The Bertz CT molecular complexity index is 3590. The number of alkyl halides is 9. The van der Waals surface area contributed by atoms with Crippen molar-refractivity contribution in [2.75, 3.05) is 152 Å². The molecule has 0 aliphatic rings. The van der Waals surface area contributed by atoms with Crippen LogP contribution in [0.2, 0.25) is 0 Å². The molecule has 0 radical (unpaired) electrons. The highest BCUT2D eigenvalue weighted by atomic mass is 79.9. The van der Waals surface area contributed by atoms with E-state index in [1.807, 2.05) is 41.5 Å². The third-order valence-electron chi connectivity index (χ3n) is 24.1. The van der Waals surface area contributed by atoms with E-state index in [1.54, 1.807) is 0 Å². The normalized spacial score (nSPS) is 13.1. The van der Waals surface area contributed by atoms with Crippen LogP contribution in [0.15, 0.2) is 0 Å². The molecule has 0 aliphatic heterocycles. The quantitative estimate of drug-likeness (QED) is 0.0159. The van der Waals surface area contributed by atoms with E-state index in [1.165, 1.54) is 125 Å². The van der Waals surface area contributed by atoms with Crippen LogP contribution >= 0.6 is 143 Å². The van der Waals surface area contributed by atoms with Crippen molar-refractivity contribution in [3.05, 3.63) is 0 Å². The van der Waals surface area contributed by atoms with E-state index in [0.717, 1.165) is 12.8 Å². The van der Waals surface area contributed by atoms with Gasteiger partial charge >= 0.3 is 53.7 Å². The van der Waals surface area contributed by atoms with Gasteiger partial charge in [-0.15, -0.1) is 0 Å². The third-order valence-corrected chi connectivity index (χ3v) is 27.0. The van der Waals surface area contributed by atoms with Gasteiger partial charge in [-0.2, -0.15) is 0 Å². The maximum atomic E-state index is 14.6. The summed E-state index contributed by atoms with van der Waals surface area (Å²) in [7, 11) is 0. The second-order valence-electron chi connectivity index (χ2n) is 41.8. The largest absolute Gasteiger partial charge is 0.464 e. The molecule has 0 spiro atoms. The summed E-state index contributed by atoms with van der Waals surface area (Å²) in [4.78, 5) is 219. The minimum Gasteiger partial charge on any atom is -0.464 e. The number of nitrogens with two attached hydrogens (primary N) is 1. The van der Waals surface area contributed by atoms with E-state index in [2.05, 4.69) is 194 Å². The molecule has 0 saturated carbocycles.